The average Bonchev–Trinajstić information content (AvgIpc) is 2.74. The first-order valence-corrected chi connectivity index (χ1v) is 5.94. The van der Waals surface area contributed by atoms with Crippen molar-refractivity contribution < 1.29 is 0 Å². The van der Waals surface area contributed by atoms with Crippen LogP contribution in [0.3, 0.4) is 0 Å². The lowest BCUT2D eigenvalue weighted by atomic mass is 10.3. The highest BCUT2D eigenvalue weighted by Gasteiger charge is 2.11. The second-order valence-electron chi connectivity index (χ2n) is 3.59. The number of aryl methyl sites for hydroxylation is 1. The highest BCUT2D eigenvalue weighted by molar-refractivity contribution is 6.16. The number of benzene rings is 1. The van der Waals surface area contributed by atoms with E-state index in [2.05, 4.69) is 17.1 Å². The molecule has 0 amide bonds. The maximum atomic E-state index is 5.87. The molecule has 4 heteroatoms. The van der Waals surface area contributed by atoms with E-state index in [1.165, 1.54) is 0 Å². The molecule has 0 saturated heterocycles. The fourth-order valence-corrected chi connectivity index (χ4v) is 1.87. The van der Waals surface area contributed by atoms with Crippen molar-refractivity contribution in [2.45, 2.75) is 25.6 Å². The number of alkyl halides is 1. The monoisotopic (exact) mass is 235 g/mol. The highest BCUT2D eigenvalue weighted by atomic mass is 35.5. The summed E-state index contributed by atoms with van der Waals surface area (Å²) in [6.07, 6.45) is 1.96. The fraction of sp³-hybridized carbons (Fsp3) is 0.333. The third-order valence-corrected chi connectivity index (χ3v) is 2.64. The van der Waals surface area contributed by atoms with Gasteiger partial charge in [0.05, 0.1) is 5.88 Å². The van der Waals surface area contributed by atoms with Gasteiger partial charge in [0, 0.05) is 12.1 Å². The first kappa shape index (κ1) is 11.1. The Kier molecular flexibility index (Phi) is 3.57. The standard InChI is InChI=1S/C12H14ClN3/c1-2-6-11-14-15-12(9-13)16(11)10-7-4-3-5-8-10/h3-5,7-8H,2,6,9H2,1H3. The molecule has 0 aliphatic carbocycles. The molecule has 1 heterocycles. The van der Waals surface area contributed by atoms with Crippen molar-refractivity contribution in [3.63, 3.8) is 0 Å². The lowest BCUT2D eigenvalue weighted by molar-refractivity contribution is 0.796. The van der Waals surface area contributed by atoms with Crippen molar-refractivity contribution in [3.05, 3.63) is 42.0 Å². The van der Waals surface area contributed by atoms with Crippen LogP contribution in [0.5, 0.6) is 0 Å². The van der Waals surface area contributed by atoms with Crippen LogP contribution in [-0.2, 0) is 12.3 Å². The molecular weight excluding hydrogens is 222 g/mol. The highest BCUT2D eigenvalue weighted by Crippen LogP contribution is 2.15. The van der Waals surface area contributed by atoms with E-state index >= 15 is 0 Å². The summed E-state index contributed by atoms with van der Waals surface area (Å²) in [4.78, 5) is 0. The van der Waals surface area contributed by atoms with E-state index in [1.54, 1.807) is 0 Å². The van der Waals surface area contributed by atoms with Gasteiger partial charge in [0.15, 0.2) is 5.82 Å². The lowest BCUT2D eigenvalue weighted by Gasteiger charge is -2.08. The third-order valence-electron chi connectivity index (χ3n) is 2.40. The Hall–Kier alpha value is -1.35. The van der Waals surface area contributed by atoms with E-state index in [0.29, 0.717) is 5.88 Å². The zero-order valence-corrected chi connectivity index (χ0v) is 9.98. The van der Waals surface area contributed by atoms with Crippen LogP contribution in [0.2, 0.25) is 0 Å². The minimum absolute atomic E-state index is 0.381. The number of aromatic nitrogens is 3. The number of para-hydroxylation sites is 1. The Balaban J connectivity index is 2.48. The maximum Gasteiger partial charge on any atom is 0.152 e. The first-order chi connectivity index (χ1) is 7.86. The van der Waals surface area contributed by atoms with E-state index in [9.17, 15) is 0 Å². The molecule has 0 N–H and O–H groups in total. The molecule has 0 atom stereocenters. The minimum Gasteiger partial charge on any atom is -0.282 e. The van der Waals surface area contributed by atoms with Gasteiger partial charge >= 0.3 is 0 Å². The van der Waals surface area contributed by atoms with Crippen LogP contribution < -0.4 is 0 Å². The third kappa shape index (κ3) is 2.09. The Bertz CT molecular complexity index is 451. The predicted molar refractivity (Wildman–Crippen MR) is 64.9 cm³/mol. The molecular formula is C12H14ClN3. The van der Waals surface area contributed by atoms with Gasteiger partial charge < -0.3 is 0 Å². The topological polar surface area (TPSA) is 30.7 Å². The van der Waals surface area contributed by atoms with Crippen LogP contribution in [0.1, 0.15) is 25.0 Å². The maximum absolute atomic E-state index is 5.87. The van der Waals surface area contributed by atoms with Crippen LogP contribution in [0.4, 0.5) is 0 Å². The number of halogens is 1. The second-order valence-corrected chi connectivity index (χ2v) is 3.85. The summed E-state index contributed by atoms with van der Waals surface area (Å²) in [7, 11) is 0. The number of hydrogen-bond donors (Lipinski definition) is 0. The van der Waals surface area contributed by atoms with Gasteiger partial charge in [-0.15, -0.1) is 21.8 Å². The summed E-state index contributed by atoms with van der Waals surface area (Å²) >= 11 is 5.87. The predicted octanol–water partition coefficient (Wildman–Crippen LogP) is 2.96. The molecule has 1 aromatic carbocycles. The van der Waals surface area contributed by atoms with E-state index in [4.69, 9.17) is 11.6 Å². The van der Waals surface area contributed by atoms with Gasteiger partial charge in [0.2, 0.25) is 0 Å². The number of nitrogens with zero attached hydrogens (tertiary/aromatic N) is 3. The molecule has 16 heavy (non-hydrogen) atoms. The van der Waals surface area contributed by atoms with Gasteiger partial charge in [-0.3, -0.25) is 4.57 Å². The summed E-state index contributed by atoms with van der Waals surface area (Å²) < 4.78 is 2.04. The smallest absolute Gasteiger partial charge is 0.152 e. The van der Waals surface area contributed by atoms with Crippen molar-refractivity contribution in [2.75, 3.05) is 0 Å². The molecule has 0 fully saturated rings. The molecule has 3 nitrogen and oxygen atoms in total. The molecule has 84 valence electrons. The molecule has 0 aliphatic rings. The second kappa shape index (κ2) is 5.12. The van der Waals surface area contributed by atoms with Gasteiger partial charge in [-0.2, -0.15) is 0 Å². The molecule has 1 aromatic heterocycles. The van der Waals surface area contributed by atoms with Crippen molar-refractivity contribution >= 4 is 11.6 Å². The molecule has 0 radical (unpaired) electrons. The molecule has 0 spiro atoms. The normalized spacial score (nSPS) is 10.6. The molecule has 0 saturated carbocycles. The largest absolute Gasteiger partial charge is 0.282 e. The number of hydrogen-bond acceptors (Lipinski definition) is 2. The van der Waals surface area contributed by atoms with Crippen LogP contribution in [-0.4, -0.2) is 14.8 Å². The Labute approximate surface area is 100 Å². The van der Waals surface area contributed by atoms with E-state index in [-0.39, 0.29) is 0 Å². The molecule has 0 aliphatic heterocycles. The van der Waals surface area contributed by atoms with E-state index in [0.717, 1.165) is 30.2 Å². The van der Waals surface area contributed by atoms with Gasteiger partial charge in [0.25, 0.3) is 0 Å². The lowest BCUT2D eigenvalue weighted by Crippen LogP contribution is -2.04. The van der Waals surface area contributed by atoms with Crippen LogP contribution in [0.25, 0.3) is 5.69 Å². The summed E-state index contributed by atoms with van der Waals surface area (Å²) in [6.45, 7) is 2.13. The molecule has 2 aromatic rings. The fourth-order valence-electron chi connectivity index (χ4n) is 1.70. The van der Waals surface area contributed by atoms with Crippen LogP contribution in [0.15, 0.2) is 30.3 Å². The molecule has 0 bridgehead atoms. The van der Waals surface area contributed by atoms with Crippen LogP contribution >= 0.6 is 11.6 Å². The minimum atomic E-state index is 0.381. The summed E-state index contributed by atoms with van der Waals surface area (Å²) in [5.41, 5.74) is 1.08. The molecule has 0 unspecified atom stereocenters. The average molecular weight is 236 g/mol. The van der Waals surface area contributed by atoms with Gasteiger partial charge in [-0.25, -0.2) is 0 Å². The Morgan fingerprint density at radius 1 is 1.12 bits per heavy atom. The molecule has 2 rings (SSSR count). The van der Waals surface area contributed by atoms with Gasteiger partial charge in [-0.05, 0) is 18.6 Å². The van der Waals surface area contributed by atoms with Gasteiger partial charge in [-0.1, -0.05) is 25.1 Å². The van der Waals surface area contributed by atoms with Crippen LogP contribution in [0, 0.1) is 0 Å². The van der Waals surface area contributed by atoms with Gasteiger partial charge in [0.1, 0.15) is 5.82 Å². The SMILES string of the molecule is CCCc1nnc(CCl)n1-c1ccccc1. The van der Waals surface area contributed by atoms with Crippen molar-refractivity contribution in [3.8, 4) is 5.69 Å². The zero-order valence-electron chi connectivity index (χ0n) is 9.23. The van der Waals surface area contributed by atoms with Crippen molar-refractivity contribution in [1.82, 2.24) is 14.8 Å². The Morgan fingerprint density at radius 2 is 1.81 bits per heavy atom. The summed E-state index contributed by atoms with van der Waals surface area (Å²) in [5.74, 6) is 2.16. The summed E-state index contributed by atoms with van der Waals surface area (Å²) in [6, 6.07) is 10.1. The van der Waals surface area contributed by atoms with E-state index < -0.39 is 0 Å². The number of rotatable bonds is 4. The first-order valence-electron chi connectivity index (χ1n) is 5.41. The quantitative estimate of drug-likeness (QED) is 0.763. The Morgan fingerprint density at radius 3 is 2.44 bits per heavy atom. The van der Waals surface area contributed by atoms with Crippen molar-refractivity contribution in [2.24, 2.45) is 0 Å². The van der Waals surface area contributed by atoms with Crippen molar-refractivity contribution in [1.29, 1.82) is 0 Å². The summed E-state index contributed by atoms with van der Waals surface area (Å²) in [5, 5.41) is 8.29. The zero-order chi connectivity index (χ0) is 11.4. The van der Waals surface area contributed by atoms with E-state index in [1.807, 2.05) is 34.9 Å².